The van der Waals surface area contributed by atoms with E-state index in [1.54, 1.807) is 17.2 Å². The van der Waals surface area contributed by atoms with Crippen LogP contribution in [0.1, 0.15) is 81.5 Å². The third-order valence-corrected chi connectivity index (χ3v) is 10.2. The molecule has 4 aliphatic rings. The van der Waals surface area contributed by atoms with Gasteiger partial charge >= 0.3 is 6.01 Å². The highest BCUT2D eigenvalue weighted by Gasteiger charge is 2.35. The monoisotopic (exact) mass is 702 g/mol. The summed E-state index contributed by atoms with van der Waals surface area (Å²) in [4.78, 5) is 40.9. The van der Waals surface area contributed by atoms with Gasteiger partial charge in [0.05, 0.1) is 18.2 Å². The largest absolute Gasteiger partial charge is 0.467 e. The molecule has 15 heteroatoms. The average molecular weight is 703 g/mol. The Morgan fingerprint density at radius 2 is 1.92 bits per heavy atom. The fraction of sp³-hybridized carbons (Fsp3) is 0.528. The van der Waals surface area contributed by atoms with Gasteiger partial charge in [-0.2, -0.15) is 15.0 Å². The molecule has 3 aliphatic heterocycles. The standard InChI is InChI=1S/C29H32FN9O3.C7H12FN/c1-15(2)27-34-21(42-37-27)9-10-22(40)39-12-11-17(14-39)38(3)28-19-13-32-26(23(30)24(19)35-29(36-28)41-4)25-18(16-5-6-16)7-8-20(31)33-25;8-6-4-7-2-1-3-9(7)5-6/h7-10,13,15-17H,5-6,11-12,14H2,1-4H3,(H2,31,33);6-7H,1-5H2/b10-9+;. The van der Waals surface area contributed by atoms with Gasteiger partial charge in [-0.15, -0.1) is 0 Å². The number of nitrogens with zero attached hydrogens (tertiary/aromatic N) is 9. The Bertz CT molecular complexity index is 1920. The number of nitrogens with two attached hydrogens (primary N) is 1. The van der Waals surface area contributed by atoms with E-state index >= 15 is 4.39 Å². The zero-order chi connectivity index (χ0) is 35.8. The number of rotatable bonds is 8. The number of hydrogen-bond donors (Lipinski definition) is 1. The molecule has 3 saturated heterocycles. The van der Waals surface area contributed by atoms with Crippen LogP contribution in [0.15, 0.2) is 28.9 Å². The van der Waals surface area contributed by atoms with Crippen LogP contribution in [0.5, 0.6) is 6.01 Å². The van der Waals surface area contributed by atoms with Crippen molar-refractivity contribution in [3.63, 3.8) is 0 Å². The van der Waals surface area contributed by atoms with Crippen molar-refractivity contribution in [2.24, 2.45) is 0 Å². The number of aromatic nitrogens is 6. The van der Waals surface area contributed by atoms with Gasteiger partial charge in [-0.05, 0) is 62.6 Å². The van der Waals surface area contributed by atoms with Crippen LogP contribution >= 0.6 is 0 Å². The van der Waals surface area contributed by atoms with Gasteiger partial charge in [0.2, 0.25) is 5.91 Å². The highest BCUT2D eigenvalue weighted by atomic mass is 19.1. The van der Waals surface area contributed by atoms with Crippen molar-refractivity contribution in [1.82, 2.24) is 39.9 Å². The van der Waals surface area contributed by atoms with E-state index in [9.17, 15) is 9.18 Å². The Balaban J connectivity index is 0.000000389. The van der Waals surface area contributed by atoms with Gasteiger partial charge in [0.15, 0.2) is 11.6 Å². The normalized spacial score (nSPS) is 21.8. The first-order valence-electron chi connectivity index (χ1n) is 17.7. The van der Waals surface area contributed by atoms with E-state index in [4.69, 9.17) is 15.0 Å². The second-order valence-corrected chi connectivity index (χ2v) is 14.1. The third kappa shape index (κ3) is 7.34. The molecule has 7 heterocycles. The van der Waals surface area contributed by atoms with Crippen LogP contribution in [0.4, 0.5) is 20.4 Å². The molecule has 4 aromatic rings. The number of halogens is 2. The van der Waals surface area contributed by atoms with E-state index in [0.29, 0.717) is 66.6 Å². The van der Waals surface area contributed by atoms with Gasteiger partial charge in [-0.1, -0.05) is 25.1 Å². The van der Waals surface area contributed by atoms with E-state index in [1.807, 2.05) is 31.9 Å². The molecule has 3 atom stereocenters. The number of amides is 1. The predicted octanol–water partition coefficient (Wildman–Crippen LogP) is 5.14. The van der Waals surface area contributed by atoms with Crippen molar-refractivity contribution in [3.8, 4) is 17.4 Å². The van der Waals surface area contributed by atoms with Crippen molar-refractivity contribution in [2.75, 3.05) is 51.0 Å². The van der Waals surface area contributed by atoms with Crippen LogP contribution in [-0.4, -0.2) is 104 Å². The summed E-state index contributed by atoms with van der Waals surface area (Å²) < 4.78 is 39.3. The van der Waals surface area contributed by atoms with E-state index in [1.165, 1.54) is 32.1 Å². The number of pyridine rings is 2. The first kappa shape index (κ1) is 34.6. The molecule has 0 spiro atoms. The lowest BCUT2D eigenvalue weighted by Gasteiger charge is -2.27. The van der Waals surface area contributed by atoms with Gasteiger partial charge in [0, 0.05) is 63.0 Å². The molecular weight excluding hydrogens is 658 g/mol. The molecule has 1 saturated carbocycles. The van der Waals surface area contributed by atoms with Crippen LogP contribution in [0.2, 0.25) is 0 Å². The minimum Gasteiger partial charge on any atom is -0.467 e. The van der Waals surface area contributed by atoms with Crippen molar-refractivity contribution < 1.29 is 22.8 Å². The fourth-order valence-corrected chi connectivity index (χ4v) is 7.20. The van der Waals surface area contributed by atoms with Gasteiger partial charge in [-0.3, -0.25) is 14.7 Å². The van der Waals surface area contributed by atoms with Gasteiger partial charge < -0.3 is 24.8 Å². The molecule has 2 N–H and O–H groups in total. The maximum atomic E-state index is 16.1. The number of ether oxygens (including phenoxy) is 1. The number of methoxy groups -OCH3 is 1. The second-order valence-electron chi connectivity index (χ2n) is 14.1. The Morgan fingerprint density at radius 3 is 2.65 bits per heavy atom. The van der Waals surface area contributed by atoms with Crippen LogP contribution in [0.25, 0.3) is 28.4 Å². The fourth-order valence-electron chi connectivity index (χ4n) is 7.20. The topological polar surface area (TPSA) is 153 Å². The number of hydrogen-bond acceptors (Lipinski definition) is 12. The van der Waals surface area contributed by atoms with Crippen molar-refractivity contribution in [2.45, 2.75) is 82.5 Å². The summed E-state index contributed by atoms with van der Waals surface area (Å²) in [6, 6.07) is 4.18. The second kappa shape index (κ2) is 14.4. The zero-order valence-corrected chi connectivity index (χ0v) is 29.4. The molecule has 1 aliphatic carbocycles. The Hall–Kier alpha value is -4.79. The minimum atomic E-state index is -0.613. The molecule has 4 aromatic heterocycles. The minimum absolute atomic E-state index is 0.0255. The quantitative estimate of drug-likeness (QED) is 0.242. The molecule has 4 fully saturated rings. The lowest BCUT2D eigenvalue weighted by Crippen LogP contribution is -2.36. The summed E-state index contributed by atoms with van der Waals surface area (Å²) >= 11 is 0. The molecule has 0 bridgehead atoms. The molecular formula is C36H44F2N10O3. The molecule has 0 aromatic carbocycles. The van der Waals surface area contributed by atoms with Crippen molar-refractivity contribution in [3.05, 3.63) is 47.5 Å². The summed E-state index contributed by atoms with van der Waals surface area (Å²) in [5.74, 6) is 1.29. The smallest absolute Gasteiger partial charge is 0.318 e. The Kier molecular flexibility index (Phi) is 9.81. The van der Waals surface area contributed by atoms with Gasteiger partial charge in [-0.25, -0.2) is 13.8 Å². The van der Waals surface area contributed by atoms with Crippen LogP contribution < -0.4 is 15.4 Å². The summed E-state index contributed by atoms with van der Waals surface area (Å²) in [5, 5.41) is 4.34. The van der Waals surface area contributed by atoms with Crippen molar-refractivity contribution in [1.29, 1.82) is 0 Å². The summed E-state index contributed by atoms with van der Waals surface area (Å²) in [6.07, 6.45) is 10.1. The summed E-state index contributed by atoms with van der Waals surface area (Å²) in [7, 11) is 3.30. The average Bonchev–Trinajstić information content (AvgIpc) is 3.46. The van der Waals surface area contributed by atoms with E-state index in [0.717, 1.165) is 31.4 Å². The number of anilines is 2. The van der Waals surface area contributed by atoms with Crippen LogP contribution in [-0.2, 0) is 4.79 Å². The number of nitrogen functional groups attached to an aromatic ring is 1. The first-order valence-corrected chi connectivity index (χ1v) is 17.7. The van der Waals surface area contributed by atoms with Crippen molar-refractivity contribution >= 4 is 34.5 Å². The molecule has 3 unspecified atom stereocenters. The SMILES string of the molecule is COc1nc(N(C)C2CCN(C(=O)/C=C/c3nc(C(C)C)no3)C2)c2cnc(-c3nc(N)ccc3C3CC3)c(F)c2n1.FC1CC2CCCN2C1. The number of fused-ring (bicyclic) bond motifs is 2. The molecule has 0 radical (unpaired) electrons. The summed E-state index contributed by atoms with van der Waals surface area (Å²) in [6.45, 7) is 6.77. The number of alkyl halides is 1. The van der Waals surface area contributed by atoms with E-state index in [-0.39, 0.29) is 41.0 Å². The van der Waals surface area contributed by atoms with Gasteiger partial charge in [0.25, 0.3) is 5.89 Å². The number of carbonyl (C=O) groups is 1. The molecule has 1 amide bonds. The first-order chi connectivity index (χ1) is 24.6. The molecule has 13 nitrogen and oxygen atoms in total. The molecule has 8 rings (SSSR count). The Labute approximate surface area is 295 Å². The highest BCUT2D eigenvalue weighted by molar-refractivity contribution is 5.93. The number of carbonyl (C=O) groups excluding carboxylic acids is 1. The van der Waals surface area contributed by atoms with Crippen LogP contribution in [0.3, 0.4) is 0 Å². The lowest BCUT2D eigenvalue weighted by molar-refractivity contribution is -0.124. The summed E-state index contributed by atoms with van der Waals surface area (Å²) in [5.41, 5.74) is 7.50. The third-order valence-electron chi connectivity index (χ3n) is 10.2. The Morgan fingerprint density at radius 1 is 1.10 bits per heavy atom. The molecule has 51 heavy (non-hydrogen) atoms. The zero-order valence-electron chi connectivity index (χ0n) is 29.4. The maximum absolute atomic E-state index is 16.1. The highest BCUT2D eigenvalue weighted by Crippen LogP contribution is 2.44. The predicted molar refractivity (Wildman–Crippen MR) is 188 cm³/mol. The lowest BCUT2D eigenvalue weighted by atomic mass is 10.0. The van der Waals surface area contributed by atoms with Crippen LogP contribution in [0, 0.1) is 5.82 Å². The van der Waals surface area contributed by atoms with E-state index in [2.05, 4.69) is 35.0 Å². The van der Waals surface area contributed by atoms with Gasteiger partial charge in [0.1, 0.15) is 29.0 Å². The number of likely N-dealkylation sites (N-methyl/N-ethyl adjacent to an activating group) is 1. The molecule has 270 valence electrons. The maximum Gasteiger partial charge on any atom is 0.318 e. The number of likely N-dealkylation sites (tertiary alicyclic amines) is 1. The van der Waals surface area contributed by atoms with E-state index < -0.39 is 12.0 Å².